The van der Waals surface area contributed by atoms with Crippen LogP contribution in [0.5, 0.6) is 5.75 Å². The maximum absolute atomic E-state index is 12.5. The topological polar surface area (TPSA) is 89.4 Å². The van der Waals surface area contributed by atoms with Gasteiger partial charge in [0.05, 0.1) is 4.92 Å². The predicted octanol–water partition coefficient (Wildman–Crippen LogP) is 1.02. The zero-order valence-electron chi connectivity index (χ0n) is 5.82. The van der Waals surface area contributed by atoms with E-state index in [1.807, 2.05) is 0 Å². The number of anilines is 1. The van der Waals surface area contributed by atoms with E-state index < -0.39 is 22.2 Å². The van der Waals surface area contributed by atoms with Gasteiger partial charge in [0, 0.05) is 0 Å². The van der Waals surface area contributed by atoms with Crippen molar-refractivity contribution in [2.45, 2.75) is 0 Å². The van der Waals surface area contributed by atoms with Gasteiger partial charge in [-0.1, -0.05) is 0 Å². The minimum absolute atomic E-state index is 0.265. The number of hydrogen-bond acceptors (Lipinski definition) is 4. The number of nitro groups is 1. The maximum atomic E-state index is 12.5. The molecular weight excluding hydrogens is 167 g/mol. The molecule has 5 nitrogen and oxygen atoms in total. The van der Waals surface area contributed by atoms with Gasteiger partial charge in [-0.15, -0.1) is 0 Å². The molecule has 12 heavy (non-hydrogen) atoms. The summed E-state index contributed by atoms with van der Waals surface area (Å²) in [7, 11) is 0. The number of nitrogens with two attached hydrogens (primary N) is 1. The lowest BCUT2D eigenvalue weighted by Crippen LogP contribution is -1.96. The summed E-state index contributed by atoms with van der Waals surface area (Å²) in [6.45, 7) is 0. The first-order valence-electron chi connectivity index (χ1n) is 2.95. The lowest BCUT2D eigenvalue weighted by atomic mass is 10.2. The fourth-order valence-electron chi connectivity index (χ4n) is 0.763. The number of phenols is 1. The van der Waals surface area contributed by atoms with E-state index in [-0.39, 0.29) is 5.69 Å². The Morgan fingerprint density at radius 1 is 1.58 bits per heavy atom. The van der Waals surface area contributed by atoms with Crippen LogP contribution in [0.15, 0.2) is 12.1 Å². The van der Waals surface area contributed by atoms with Crippen LogP contribution in [0, 0.1) is 15.9 Å². The van der Waals surface area contributed by atoms with Gasteiger partial charge in [0.1, 0.15) is 5.69 Å². The van der Waals surface area contributed by atoms with E-state index >= 15 is 0 Å². The molecular formula is C6H5FN2O3. The molecule has 1 aromatic carbocycles. The lowest BCUT2D eigenvalue weighted by Gasteiger charge is -1.99. The summed E-state index contributed by atoms with van der Waals surface area (Å²) in [4.78, 5) is 9.26. The number of nitrogens with zero attached hydrogens (tertiary/aromatic N) is 1. The highest BCUT2D eigenvalue weighted by molar-refractivity contribution is 5.65. The van der Waals surface area contributed by atoms with Crippen molar-refractivity contribution >= 4 is 11.4 Å². The predicted molar refractivity (Wildman–Crippen MR) is 39.1 cm³/mol. The van der Waals surface area contributed by atoms with Gasteiger partial charge in [-0.2, -0.15) is 0 Å². The third kappa shape index (κ3) is 1.14. The Bertz CT molecular complexity index is 340. The minimum Gasteiger partial charge on any atom is -0.500 e. The van der Waals surface area contributed by atoms with Crippen molar-refractivity contribution in [1.29, 1.82) is 0 Å². The molecule has 6 heteroatoms. The number of halogens is 1. The highest BCUT2D eigenvalue weighted by Gasteiger charge is 2.20. The van der Waals surface area contributed by atoms with E-state index in [2.05, 4.69) is 0 Å². The number of nitro benzene ring substituents is 1. The van der Waals surface area contributed by atoms with Crippen molar-refractivity contribution in [1.82, 2.24) is 0 Å². The SMILES string of the molecule is Nc1ccc(F)c(O)c1[N+](=O)[O-]. The second kappa shape index (κ2) is 2.65. The highest BCUT2D eigenvalue weighted by Crippen LogP contribution is 2.33. The van der Waals surface area contributed by atoms with Crippen LogP contribution in [0.3, 0.4) is 0 Å². The molecule has 0 heterocycles. The number of phenolic OH excluding ortho intramolecular Hbond substituents is 1. The van der Waals surface area contributed by atoms with Crippen LogP contribution in [0.25, 0.3) is 0 Å². The number of aromatic hydroxyl groups is 1. The molecule has 0 radical (unpaired) electrons. The normalized spacial score (nSPS) is 9.75. The Morgan fingerprint density at radius 2 is 2.17 bits per heavy atom. The van der Waals surface area contributed by atoms with Crippen molar-refractivity contribution in [3.63, 3.8) is 0 Å². The van der Waals surface area contributed by atoms with Gasteiger partial charge in [-0.05, 0) is 12.1 Å². The summed E-state index contributed by atoms with van der Waals surface area (Å²) < 4.78 is 12.5. The van der Waals surface area contributed by atoms with Crippen molar-refractivity contribution in [2.75, 3.05) is 5.73 Å². The third-order valence-corrected chi connectivity index (χ3v) is 1.32. The van der Waals surface area contributed by atoms with Crippen LogP contribution >= 0.6 is 0 Å². The quantitative estimate of drug-likeness (QED) is 0.376. The Morgan fingerprint density at radius 3 is 2.58 bits per heavy atom. The summed E-state index contributed by atoms with van der Waals surface area (Å²) in [5, 5.41) is 19.0. The van der Waals surface area contributed by atoms with E-state index in [1.54, 1.807) is 0 Å². The molecule has 3 N–H and O–H groups in total. The first-order chi connectivity index (χ1) is 5.54. The van der Waals surface area contributed by atoms with E-state index in [0.717, 1.165) is 12.1 Å². The van der Waals surface area contributed by atoms with Gasteiger partial charge in [-0.25, -0.2) is 4.39 Å². The van der Waals surface area contributed by atoms with E-state index in [4.69, 9.17) is 10.8 Å². The fraction of sp³-hybridized carbons (Fsp3) is 0. The molecule has 0 fully saturated rings. The molecule has 0 saturated heterocycles. The van der Waals surface area contributed by atoms with Crippen LogP contribution in [0.4, 0.5) is 15.8 Å². The third-order valence-electron chi connectivity index (χ3n) is 1.32. The average Bonchev–Trinajstić information content (AvgIpc) is 1.97. The molecule has 0 unspecified atom stereocenters. The first-order valence-corrected chi connectivity index (χ1v) is 2.95. The van der Waals surface area contributed by atoms with Gasteiger partial charge in [-0.3, -0.25) is 10.1 Å². The monoisotopic (exact) mass is 172 g/mol. The molecule has 0 atom stereocenters. The van der Waals surface area contributed by atoms with Crippen molar-refractivity contribution < 1.29 is 14.4 Å². The summed E-state index contributed by atoms with van der Waals surface area (Å²) in [5.41, 5.74) is 4.06. The fourth-order valence-corrected chi connectivity index (χ4v) is 0.763. The molecule has 1 aromatic rings. The average molecular weight is 172 g/mol. The smallest absolute Gasteiger partial charge is 0.336 e. The van der Waals surface area contributed by atoms with Gasteiger partial charge >= 0.3 is 5.69 Å². The van der Waals surface area contributed by atoms with Crippen LogP contribution in [0.1, 0.15) is 0 Å². The molecule has 0 aromatic heterocycles. The lowest BCUT2D eigenvalue weighted by molar-refractivity contribution is -0.385. The summed E-state index contributed by atoms with van der Waals surface area (Å²) in [5.74, 6) is -2.09. The molecule has 0 saturated carbocycles. The van der Waals surface area contributed by atoms with Crippen LogP contribution in [-0.2, 0) is 0 Å². The molecule has 0 bridgehead atoms. The molecule has 0 spiro atoms. The molecule has 1 rings (SSSR count). The molecule has 0 aliphatic rings. The zero-order chi connectivity index (χ0) is 9.30. The molecule has 0 aliphatic carbocycles. The van der Waals surface area contributed by atoms with Crippen molar-refractivity contribution in [3.8, 4) is 5.75 Å². The Labute approximate surface area is 66.4 Å². The largest absolute Gasteiger partial charge is 0.500 e. The molecule has 64 valence electrons. The summed E-state index contributed by atoms with van der Waals surface area (Å²) in [6.07, 6.45) is 0. The Kier molecular flexibility index (Phi) is 1.82. The standard InChI is InChI=1S/C6H5FN2O3/c7-3-1-2-4(8)5(6(3)10)9(11)12/h1-2,10H,8H2. The summed E-state index contributed by atoms with van der Waals surface area (Å²) >= 11 is 0. The second-order valence-electron chi connectivity index (χ2n) is 2.09. The Hall–Kier alpha value is -1.85. The van der Waals surface area contributed by atoms with Gasteiger partial charge in [0.25, 0.3) is 0 Å². The van der Waals surface area contributed by atoms with E-state index in [9.17, 15) is 14.5 Å². The molecule has 0 aliphatic heterocycles. The number of hydrogen-bond donors (Lipinski definition) is 2. The van der Waals surface area contributed by atoms with Crippen LogP contribution in [0.2, 0.25) is 0 Å². The van der Waals surface area contributed by atoms with Gasteiger partial charge < -0.3 is 10.8 Å². The zero-order valence-corrected chi connectivity index (χ0v) is 5.82. The Balaban J connectivity index is 3.43. The van der Waals surface area contributed by atoms with Crippen molar-refractivity contribution in [3.05, 3.63) is 28.1 Å². The second-order valence-corrected chi connectivity index (χ2v) is 2.09. The number of nitrogen functional groups attached to an aromatic ring is 1. The highest BCUT2D eigenvalue weighted by atomic mass is 19.1. The van der Waals surface area contributed by atoms with Crippen LogP contribution in [-0.4, -0.2) is 10.0 Å². The van der Waals surface area contributed by atoms with Gasteiger partial charge in [0.2, 0.25) is 5.75 Å². The molecule has 0 amide bonds. The van der Waals surface area contributed by atoms with E-state index in [0.29, 0.717) is 0 Å². The number of benzene rings is 1. The van der Waals surface area contributed by atoms with Gasteiger partial charge in [0.15, 0.2) is 5.82 Å². The maximum Gasteiger partial charge on any atom is 0.336 e. The van der Waals surface area contributed by atoms with Crippen molar-refractivity contribution in [2.24, 2.45) is 0 Å². The first kappa shape index (κ1) is 8.25. The number of rotatable bonds is 1. The van der Waals surface area contributed by atoms with E-state index in [1.165, 1.54) is 0 Å². The van der Waals surface area contributed by atoms with Crippen LogP contribution < -0.4 is 5.73 Å². The summed E-state index contributed by atoms with van der Waals surface area (Å²) in [6, 6.07) is 1.88. The minimum atomic E-state index is -1.06.